The third-order valence-electron chi connectivity index (χ3n) is 2.65. The zero-order valence-electron chi connectivity index (χ0n) is 8.71. The van der Waals surface area contributed by atoms with Gasteiger partial charge in [-0.15, -0.1) is 5.10 Å². The van der Waals surface area contributed by atoms with Crippen LogP contribution in [-0.4, -0.2) is 43.6 Å². The van der Waals surface area contributed by atoms with E-state index in [1.54, 1.807) is 19.1 Å². The Morgan fingerprint density at radius 1 is 1.50 bits per heavy atom. The number of aliphatic hydroxyl groups is 1. The molecule has 3 heterocycles. The largest absolute Gasteiger partial charge is 0.386 e. The lowest BCUT2D eigenvalue weighted by atomic mass is 9.97. The Kier molecular flexibility index (Phi) is 1.65. The van der Waals surface area contributed by atoms with Crippen LogP contribution in [0.5, 0.6) is 0 Å². The number of β-amino-alcohol motifs (C(OH)–C–C–N with tert-alkyl or cyclic N) is 1. The zero-order valence-corrected chi connectivity index (χ0v) is 8.71. The second-order valence-electron chi connectivity index (χ2n) is 4.34. The number of H-pyrrole nitrogens is 1. The van der Waals surface area contributed by atoms with Gasteiger partial charge in [0.2, 0.25) is 0 Å². The van der Waals surface area contributed by atoms with E-state index in [0.29, 0.717) is 24.6 Å². The summed E-state index contributed by atoms with van der Waals surface area (Å²) in [6.45, 7) is 2.82. The predicted molar refractivity (Wildman–Crippen MR) is 56.4 cm³/mol. The second kappa shape index (κ2) is 2.82. The molecule has 2 aromatic rings. The summed E-state index contributed by atoms with van der Waals surface area (Å²) in [6.07, 6.45) is 0. The molecule has 0 unspecified atom stereocenters. The van der Waals surface area contributed by atoms with E-state index < -0.39 is 5.60 Å². The fourth-order valence-electron chi connectivity index (χ4n) is 1.90. The van der Waals surface area contributed by atoms with E-state index in [9.17, 15) is 9.90 Å². The third kappa shape index (κ3) is 1.28. The first-order valence-corrected chi connectivity index (χ1v) is 4.97. The van der Waals surface area contributed by atoms with Crippen LogP contribution in [-0.2, 0) is 0 Å². The summed E-state index contributed by atoms with van der Waals surface area (Å²) in [5, 5.41) is 19.9. The van der Waals surface area contributed by atoms with Gasteiger partial charge >= 0.3 is 5.69 Å². The summed E-state index contributed by atoms with van der Waals surface area (Å²) in [7, 11) is 0. The molecule has 2 aromatic heterocycles. The summed E-state index contributed by atoms with van der Waals surface area (Å²) >= 11 is 0. The van der Waals surface area contributed by atoms with Crippen LogP contribution in [0, 0.1) is 0 Å². The lowest BCUT2D eigenvalue weighted by Crippen LogP contribution is -2.60. The summed E-state index contributed by atoms with van der Waals surface area (Å²) < 4.78 is 1.21. The highest BCUT2D eigenvalue weighted by Gasteiger charge is 2.37. The molecule has 7 nitrogen and oxygen atoms in total. The van der Waals surface area contributed by atoms with Gasteiger partial charge < -0.3 is 10.0 Å². The minimum Gasteiger partial charge on any atom is -0.386 e. The maximum Gasteiger partial charge on any atom is 0.364 e. The van der Waals surface area contributed by atoms with Gasteiger partial charge in [-0.25, -0.2) is 9.89 Å². The van der Waals surface area contributed by atoms with Gasteiger partial charge in [0.15, 0.2) is 5.65 Å². The maximum atomic E-state index is 11.3. The van der Waals surface area contributed by atoms with Crippen LogP contribution in [0.3, 0.4) is 0 Å². The van der Waals surface area contributed by atoms with Crippen LogP contribution < -0.4 is 10.6 Å². The highest BCUT2D eigenvalue weighted by Crippen LogP contribution is 2.24. The van der Waals surface area contributed by atoms with Crippen LogP contribution in [0.1, 0.15) is 6.92 Å². The summed E-state index contributed by atoms with van der Waals surface area (Å²) in [4.78, 5) is 13.2. The van der Waals surface area contributed by atoms with E-state index in [0.717, 1.165) is 0 Å². The molecule has 84 valence electrons. The first kappa shape index (κ1) is 9.34. The quantitative estimate of drug-likeness (QED) is 0.644. The molecule has 7 heteroatoms. The molecule has 16 heavy (non-hydrogen) atoms. The van der Waals surface area contributed by atoms with Gasteiger partial charge in [-0.3, -0.25) is 0 Å². The highest BCUT2D eigenvalue weighted by atomic mass is 16.3. The predicted octanol–water partition coefficient (Wildman–Crippen LogP) is -1.01. The van der Waals surface area contributed by atoms with Crippen LogP contribution in [0.4, 0.5) is 5.82 Å². The Hall–Kier alpha value is -1.89. The SMILES string of the molecule is CC1(O)CN(c2ccc3n[nH]c(=O)n3n2)C1. The Balaban J connectivity index is 2.00. The molecule has 1 saturated heterocycles. The number of fused-ring (bicyclic) bond motifs is 1. The lowest BCUT2D eigenvalue weighted by molar-refractivity contribution is 0.0304. The minimum absolute atomic E-state index is 0.357. The average molecular weight is 221 g/mol. The number of nitrogens with one attached hydrogen (secondary N) is 1. The van der Waals surface area contributed by atoms with Crippen molar-refractivity contribution in [2.24, 2.45) is 0 Å². The third-order valence-corrected chi connectivity index (χ3v) is 2.65. The molecule has 1 aliphatic rings. The van der Waals surface area contributed by atoms with Crippen molar-refractivity contribution in [1.82, 2.24) is 19.8 Å². The van der Waals surface area contributed by atoms with Crippen molar-refractivity contribution in [2.75, 3.05) is 18.0 Å². The number of rotatable bonds is 1. The van der Waals surface area contributed by atoms with E-state index in [1.807, 2.05) is 4.90 Å². The van der Waals surface area contributed by atoms with Crippen molar-refractivity contribution in [2.45, 2.75) is 12.5 Å². The van der Waals surface area contributed by atoms with Gasteiger partial charge in [-0.1, -0.05) is 0 Å². The molecule has 0 radical (unpaired) electrons. The van der Waals surface area contributed by atoms with Gasteiger partial charge in [0.1, 0.15) is 5.82 Å². The van der Waals surface area contributed by atoms with E-state index in [4.69, 9.17) is 0 Å². The molecular formula is C9H11N5O2. The van der Waals surface area contributed by atoms with Gasteiger partial charge in [0.25, 0.3) is 0 Å². The maximum absolute atomic E-state index is 11.3. The normalized spacial score (nSPS) is 18.8. The zero-order chi connectivity index (χ0) is 11.3. The lowest BCUT2D eigenvalue weighted by Gasteiger charge is -2.44. The standard InChI is InChI=1S/C9H11N5O2/c1-9(16)4-13(5-9)7-3-2-6-10-11-8(15)14(6)12-7/h2-3,16H,4-5H2,1H3,(H,11,15). The molecule has 0 amide bonds. The van der Waals surface area contributed by atoms with Crippen molar-refractivity contribution >= 4 is 11.5 Å². The second-order valence-corrected chi connectivity index (χ2v) is 4.34. The molecule has 0 atom stereocenters. The number of hydrogen-bond donors (Lipinski definition) is 2. The fraction of sp³-hybridized carbons (Fsp3) is 0.444. The number of anilines is 1. The topological polar surface area (TPSA) is 86.5 Å². The molecule has 0 aliphatic carbocycles. The monoisotopic (exact) mass is 221 g/mol. The van der Waals surface area contributed by atoms with Crippen molar-refractivity contribution in [1.29, 1.82) is 0 Å². The van der Waals surface area contributed by atoms with Gasteiger partial charge in [-0.05, 0) is 19.1 Å². The number of nitrogens with zero attached hydrogens (tertiary/aromatic N) is 4. The van der Waals surface area contributed by atoms with Crippen LogP contribution in [0.2, 0.25) is 0 Å². The molecular weight excluding hydrogens is 210 g/mol. The van der Waals surface area contributed by atoms with Crippen molar-refractivity contribution in [3.63, 3.8) is 0 Å². The van der Waals surface area contributed by atoms with E-state index in [1.165, 1.54) is 4.52 Å². The molecule has 0 saturated carbocycles. The van der Waals surface area contributed by atoms with E-state index >= 15 is 0 Å². The van der Waals surface area contributed by atoms with Crippen LogP contribution in [0.25, 0.3) is 5.65 Å². The molecule has 0 spiro atoms. The first-order valence-electron chi connectivity index (χ1n) is 4.97. The molecule has 0 bridgehead atoms. The minimum atomic E-state index is -0.655. The average Bonchev–Trinajstić information content (AvgIpc) is 2.56. The summed E-state index contributed by atoms with van der Waals surface area (Å²) in [6, 6.07) is 3.50. The number of hydrogen-bond acceptors (Lipinski definition) is 5. The Bertz CT molecular complexity index is 591. The Morgan fingerprint density at radius 2 is 2.25 bits per heavy atom. The molecule has 1 fully saturated rings. The van der Waals surface area contributed by atoms with Crippen molar-refractivity contribution in [3.8, 4) is 0 Å². The molecule has 0 aromatic carbocycles. The number of aromatic nitrogens is 4. The van der Waals surface area contributed by atoms with E-state index in [-0.39, 0.29) is 5.69 Å². The first-order chi connectivity index (χ1) is 7.55. The fourth-order valence-corrected chi connectivity index (χ4v) is 1.90. The molecule has 1 aliphatic heterocycles. The number of aromatic amines is 1. The van der Waals surface area contributed by atoms with Gasteiger partial charge in [0.05, 0.1) is 5.60 Å². The highest BCUT2D eigenvalue weighted by molar-refractivity contribution is 5.47. The van der Waals surface area contributed by atoms with Crippen molar-refractivity contribution < 1.29 is 5.11 Å². The van der Waals surface area contributed by atoms with E-state index in [2.05, 4.69) is 15.3 Å². The molecule has 2 N–H and O–H groups in total. The Morgan fingerprint density at radius 3 is 2.94 bits per heavy atom. The summed E-state index contributed by atoms with van der Waals surface area (Å²) in [5.74, 6) is 0.669. The van der Waals surface area contributed by atoms with Crippen molar-refractivity contribution in [3.05, 3.63) is 22.6 Å². The smallest absolute Gasteiger partial charge is 0.364 e. The summed E-state index contributed by atoms with van der Waals surface area (Å²) in [5.41, 5.74) is -0.525. The molecule has 3 rings (SSSR count). The Labute approximate surface area is 90.3 Å². The van der Waals surface area contributed by atoms with Crippen LogP contribution in [0.15, 0.2) is 16.9 Å². The van der Waals surface area contributed by atoms with Gasteiger partial charge in [0, 0.05) is 13.1 Å². The van der Waals surface area contributed by atoms with Crippen LogP contribution >= 0.6 is 0 Å². The van der Waals surface area contributed by atoms with Gasteiger partial charge in [-0.2, -0.15) is 9.61 Å².